The highest BCUT2D eigenvalue weighted by molar-refractivity contribution is 6.34. The molecule has 1 amide bonds. The van der Waals surface area contributed by atoms with E-state index in [-0.39, 0.29) is 28.1 Å². The van der Waals surface area contributed by atoms with Crippen molar-refractivity contribution in [2.75, 3.05) is 11.9 Å². The standard InChI is InChI=1S/C23H23ClF3NO4/c24-18-13-20(31-14-23(25,26)27)17(22(30)32-16-10-6-1-2-7-11-16)12-19(18)28-21(29)15-8-4-3-5-9-15/h3-5,8-9,12-13,16H,1-2,6-7,10-11,14H2,(H,28,29). The van der Waals surface area contributed by atoms with Gasteiger partial charge < -0.3 is 14.8 Å². The van der Waals surface area contributed by atoms with Crippen LogP contribution in [-0.2, 0) is 4.74 Å². The van der Waals surface area contributed by atoms with E-state index in [0.29, 0.717) is 18.4 Å². The van der Waals surface area contributed by atoms with Gasteiger partial charge in [0, 0.05) is 11.6 Å². The Kier molecular flexibility index (Phi) is 8.01. The molecule has 1 aliphatic carbocycles. The van der Waals surface area contributed by atoms with Crippen molar-refractivity contribution >= 4 is 29.2 Å². The summed E-state index contributed by atoms with van der Waals surface area (Å²) in [6.45, 7) is -1.59. The first-order chi connectivity index (χ1) is 15.2. The van der Waals surface area contributed by atoms with Gasteiger partial charge in [0.1, 0.15) is 17.4 Å². The van der Waals surface area contributed by atoms with Crippen LogP contribution in [0.5, 0.6) is 5.75 Å². The quantitative estimate of drug-likeness (QED) is 0.392. The topological polar surface area (TPSA) is 64.6 Å². The van der Waals surface area contributed by atoms with Crippen molar-refractivity contribution in [2.24, 2.45) is 0 Å². The van der Waals surface area contributed by atoms with Gasteiger partial charge in [-0.05, 0) is 43.9 Å². The monoisotopic (exact) mass is 469 g/mol. The lowest BCUT2D eigenvalue weighted by molar-refractivity contribution is -0.153. The molecular formula is C23H23ClF3NO4. The first-order valence-corrected chi connectivity index (χ1v) is 10.7. The number of hydrogen-bond donors (Lipinski definition) is 1. The zero-order valence-electron chi connectivity index (χ0n) is 17.2. The Morgan fingerprint density at radius 2 is 1.69 bits per heavy atom. The number of benzene rings is 2. The number of alkyl halides is 3. The van der Waals surface area contributed by atoms with Gasteiger partial charge in [-0.25, -0.2) is 4.79 Å². The predicted octanol–water partition coefficient (Wildman–Crippen LogP) is 6.41. The summed E-state index contributed by atoms with van der Waals surface area (Å²) in [4.78, 5) is 25.3. The van der Waals surface area contributed by atoms with Crippen molar-refractivity contribution in [1.29, 1.82) is 0 Å². The van der Waals surface area contributed by atoms with Crippen LogP contribution < -0.4 is 10.1 Å². The van der Waals surface area contributed by atoms with E-state index in [9.17, 15) is 22.8 Å². The van der Waals surface area contributed by atoms with Crippen LogP contribution in [0.2, 0.25) is 5.02 Å². The summed E-state index contributed by atoms with van der Waals surface area (Å²) in [6, 6.07) is 10.6. The normalized spacial score (nSPS) is 15.0. The van der Waals surface area contributed by atoms with Crippen molar-refractivity contribution in [3.8, 4) is 5.75 Å². The Morgan fingerprint density at radius 1 is 1.03 bits per heavy atom. The van der Waals surface area contributed by atoms with E-state index in [0.717, 1.165) is 31.7 Å². The van der Waals surface area contributed by atoms with Crippen LogP contribution in [0.3, 0.4) is 0 Å². The average Bonchev–Trinajstić information content (AvgIpc) is 3.02. The highest BCUT2D eigenvalue weighted by Crippen LogP contribution is 2.34. The zero-order chi connectivity index (χ0) is 23.1. The molecule has 1 aliphatic rings. The number of halogens is 4. The van der Waals surface area contributed by atoms with E-state index in [2.05, 4.69) is 5.32 Å². The molecule has 1 N–H and O–H groups in total. The van der Waals surface area contributed by atoms with Crippen molar-refractivity contribution in [2.45, 2.75) is 50.8 Å². The molecule has 0 radical (unpaired) electrons. The second kappa shape index (κ2) is 10.7. The summed E-state index contributed by atoms with van der Waals surface area (Å²) < 4.78 is 48.5. The summed E-state index contributed by atoms with van der Waals surface area (Å²) in [7, 11) is 0. The van der Waals surface area contributed by atoms with Gasteiger partial charge in [-0.1, -0.05) is 42.6 Å². The van der Waals surface area contributed by atoms with E-state index < -0.39 is 24.7 Å². The van der Waals surface area contributed by atoms with Crippen LogP contribution in [0, 0.1) is 0 Å². The smallest absolute Gasteiger partial charge is 0.422 e. The van der Waals surface area contributed by atoms with Gasteiger partial charge in [0.05, 0.1) is 10.7 Å². The first-order valence-electron chi connectivity index (χ1n) is 10.3. The minimum atomic E-state index is -4.60. The third-order valence-corrected chi connectivity index (χ3v) is 5.35. The number of amides is 1. The van der Waals surface area contributed by atoms with Gasteiger partial charge in [0.2, 0.25) is 0 Å². The molecule has 0 saturated heterocycles. The SMILES string of the molecule is O=C(Nc1cc(C(=O)OC2CCCCCC2)c(OCC(F)(F)F)cc1Cl)c1ccccc1. The fraction of sp³-hybridized carbons (Fsp3) is 0.391. The molecule has 0 heterocycles. The molecule has 2 aromatic rings. The number of anilines is 1. The molecule has 0 aliphatic heterocycles. The lowest BCUT2D eigenvalue weighted by Crippen LogP contribution is -2.22. The maximum atomic E-state index is 12.9. The fourth-order valence-electron chi connectivity index (χ4n) is 3.45. The lowest BCUT2D eigenvalue weighted by atomic mass is 10.1. The number of hydrogen-bond acceptors (Lipinski definition) is 4. The minimum absolute atomic E-state index is 0.0627. The number of carbonyl (C=O) groups excluding carboxylic acids is 2. The van der Waals surface area contributed by atoms with E-state index in [1.807, 2.05) is 0 Å². The molecule has 9 heteroatoms. The number of nitrogens with one attached hydrogen (secondary N) is 1. The van der Waals surface area contributed by atoms with Crippen LogP contribution in [0.1, 0.15) is 59.2 Å². The Labute approximate surface area is 188 Å². The molecule has 32 heavy (non-hydrogen) atoms. The molecule has 2 aromatic carbocycles. The summed E-state index contributed by atoms with van der Waals surface area (Å²) in [5.41, 5.74) is 0.183. The third kappa shape index (κ3) is 6.88. The summed E-state index contributed by atoms with van der Waals surface area (Å²) in [5.74, 6) is -1.66. The van der Waals surface area contributed by atoms with Gasteiger partial charge in [0.15, 0.2) is 6.61 Å². The second-order valence-electron chi connectivity index (χ2n) is 7.57. The largest absolute Gasteiger partial charge is 0.483 e. The highest BCUT2D eigenvalue weighted by Gasteiger charge is 2.30. The highest BCUT2D eigenvalue weighted by atomic mass is 35.5. The van der Waals surface area contributed by atoms with E-state index in [1.54, 1.807) is 30.3 Å². The first kappa shape index (κ1) is 23.9. The number of rotatable bonds is 6. The Bertz CT molecular complexity index is 942. The fourth-order valence-corrected chi connectivity index (χ4v) is 3.65. The third-order valence-electron chi connectivity index (χ3n) is 5.04. The lowest BCUT2D eigenvalue weighted by Gasteiger charge is -2.19. The summed E-state index contributed by atoms with van der Waals surface area (Å²) in [6.07, 6.45) is 0.372. The molecule has 0 spiro atoms. The van der Waals surface area contributed by atoms with Crippen LogP contribution in [-0.4, -0.2) is 30.8 Å². The average molecular weight is 470 g/mol. The van der Waals surface area contributed by atoms with E-state index in [4.69, 9.17) is 21.1 Å². The summed E-state index contributed by atoms with van der Waals surface area (Å²) >= 11 is 6.17. The molecule has 172 valence electrons. The number of ether oxygens (including phenoxy) is 2. The van der Waals surface area contributed by atoms with Crippen LogP contribution in [0.4, 0.5) is 18.9 Å². The Balaban J connectivity index is 1.86. The molecule has 3 rings (SSSR count). The van der Waals surface area contributed by atoms with Gasteiger partial charge >= 0.3 is 12.1 Å². The maximum absolute atomic E-state index is 12.9. The Hall–Kier alpha value is -2.74. The van der Waals surface area contributed by atoms with E-state index in [1.165, 1.54) is 6.07 Å². The zero-order valence-corrected chi connectivity index (χ0v) is 18.0. The van der Waals surface area contributed by atoms with E-state index >= 15 is 0 Å². The molecule has 0 bridgehead atoms. The van der Waals surface area contributed by atoms with Crippen LogP contribution >= 0.6 is 11.6 Å². The number of esters is 1. The molecule has 5 nitrogen and oxygen atoms in total. The number of carbonyl (C=O) groups is 2. The summed E-state index contributed by atoms with van der Waals surface area (Å²) in [5, 5.41) is 2.51. The Morgan fingerprint density at radius 3 is 2.31 bits per heavy atom. The van der Waals surface area contributed by atoms with Crippen molar-refractivity contribution in [3.63, 3.8) is 0 Å². The van der Waals surface area contributed by atoms with Crippen LogP contribution in [0.25, 0.3) is 0 Å². The van der Waals surface area contributed by atoms with Gasteiger partial charge in [0.25, 0.3) is 5.91 Å². The minimum Gasteiger partial charge on any atom is -0.483 e. The van der Waals surface area contributed by atoms with Crippen molar-refractivity contribution in [1.82, 2.24) is 0 Å². The molecule has 0 unspecified atom stereocenters. The van der Waals surface area contributed by atoms with Crippen molar-refractivity contribution in [3.05, 3.63) is 58.6 Å². The predicted molar refractivity (Wildman–Crippen MR) is 114 cm³/mol. The molecule has 1 fully saturated rings. The van der Waals surface area contributed by atoms with Gasteiger partial charge in [-0.2, -0.15) is 13.2 Å². The molecule has 0 atom stereocenters. The molecule has 0 aromatic heterocycles. The maximum Gasteiger partial charge on any atom is 0.422 e. The van der Waals surface area contributed by atoms with Crippen molar-refractivity contribution < 1.29 is 32.2 Å². The second-order valence-corrected chi connectivity index (χ2v) is 7.98. The van der Waals surface area contributed by atoms with Gasteiger partial charge in [-0.15, -0.1) is 0 Å². The molecule has 1 saturated carbocycles. The van der Waals surface area contributed by atoms with Crippen LogP contribution in [0.15, 0.2) is 42.5 Å². The van der Waals surface area contributed by atoms with Gasteiger partial charge in [-0.3, -0.25) is 4.79 Å². The molecular weight excluding hydrogens is 447 g/mol.